The van der Waals surface area contributed by atoms with E-state index in [0.717, 1.165) is 32.5 Å². The van der Waals surface area contributed by atoms with Crippen molar-refractivity contribution in [3.63, 3.8) is 0 Å². The second-order valence-corrected chi connectivity index (χ2v) is 7.94. The van der Waals surface area contributed by atoms with Crippen LogP contribution in [0.15, 0.2) is 0 Å². The van der Waals surface area contributed by atoms with Crippen LogP contribution >= 0.6 is 0 Å². The van der Waals surface area contributed by atoms with Crippen molar-refractivity contribution in [2.75, 3.05) is 26.7 Å². The Balaban J connectivity index is 2.08. The molecule has 0 N–H and O–H groups in total. The third-order valence-electron chi connectivity index (χ3n) is 4.83. The van der Waals surface area contributed by atoms with Gasteiger partial charge in [-0.1, -0.05) is 0 Å². The number of nitrogens with zero attached hydrogens (tertiary/aromatic N) is 3. The molecule has 23 heavy (non-hydrogen) atoms. The minimum absolute atomic E-state index is 0.0451. The van der Waals surface area contributed by atoms with Crippen LogP contribution in [-0.2, 0) is 9.53 Å². The Hall–Kier alpha value is -1.30. The van der Waals surface area contributed by atoms with E-state index < -0.39 is 5.60 Å². The van der Waals surface area contributed by atoms with E-state index in [-0.39, 0.29) is 24.1 Å². The van der Waals surface area contributed by atoms with Gasteiger partial charge in [-0.2, -0.15) is 0 Å². The highest BCUT2D eigenvalue weighted by molar-refractivity contribution is 5.86. The second kappa shape index (κ2) is 6.67. The molecule has 2 heterocycles. The van der Waals surface area contributed by atoms with Crippen molar-refractivity contribution >= 4 is 12.0 Å². The van der Waals surface area contributed by atoms with Gasteiger partial charge in [-0.15, -0.1) is 0 Å². The number of likely N-dealkylation sites (tertiary alicyclic amines) is 1. The van der Waals surface area contributed by atoms with Crippen LogP contribution < -0.4 is 0 Å². The summed E-state index contributed by atoms with van der Waals surface area (Å²) in [7, 11) is 2.08. The Bertz CT molecular complexity index is 460. The predicted molar refractivity (Wildman–Crippen MR) is 89.2 cm³/mol. The molecule has 132 valence electrons. The molecule has 2 aliphatic heterocycles. The normalized spacial score (nSPS) is 29.7. The molecule has 6 nitrogen and oxygen atoms in total. The Morgan fingerprint density at radius 3 is 2.26 bits per heavy atom. The lowest BCUT2D eigenvalue weighted by Crippen LogP contribution is -2.57. The maximum absolute atomic E-state index is 12.9. The Kier molecular flexibility index (Phi) is 5.23. The first kappa shape index (κ1) is 18.0. The lowest BCUT2D eigenvalue weighted by atomic mass is 10.1. The molecule has 0 spiro atoms. The third-order valence-corrected chi connectivity index (χ3v) is 4.83. The number of carbonyl (C=O) groups is 2. The average molecular weight is 325 g/mol. The molecule has 0 unspecified atom stereocenters. The van der Waals surface area contributed by atoms with Gasteiger partial charge in [0.25, 0.3) is 0 Å². The van der Waals surface area contributed by atoms with Gasteiger partial charge >= 0.3 is 6.09 Å². The van der Waals surface area contributed by atoms with Gasteiger partial charge < -0.3 is 14.5 Å². The van der Waals surface area contributed by atoms with Crippen molar-refractivity contribution in [2.45, 2.75) is 71.2 Å². The zero-order valence-corrected chi connectivity index (χ0v) is 15.3. The highest BCUT2D eigenvalue weighted by Crippen LogP contribution is 2.28. The van der Waals surface area contributed by atoms with Crippen LogP contribution in [0.25, 0.3) is 0 Å². The van der Waals surface area contributed by atoms with Gasteiger partial charge in [-0.05, 0) is 54.5 Å². The van der Waals surface area contributed by atoms with Crippen LogP contribution in [-0.4, -0.2) is 77.1 Å². The van der Waals surface area contributed by atoms with Crippen LogP contribution in [0.2, 0.25) is 0 Å². The number of hydrogen-bond acceptors (Lipinski definition) is 4. The molecule has 3 atom stereocenters. The summed E-state index contributed by atoms with van der Waals surface area (Å²) in [6.07, 6.45) is 1.20. The minimum Gasteiger partial charge on any atom is -0.444 e. The molecule has 2 fully saturated rings. The molecule has 2 amide bonds. The number of piperazine rings is 1. The van der Waals surface area contributed by atoms with Gasteiger partial charge in [0.2, 0.25) is 5.91 Å². The maximum Gasteiger partial charge on any atom is 0.411 e. The van der Waals surface area contributed by atoms with Crippen LogP contribution in [0.4, 0.5) is 4.79 Å². The smallest absolute Gasteiger partial charge is 0.411 e. The van der Waals surface area contributed by atoms with Crippen molar-refractivity contribution in [1.29, 1.82) is 0 Å². The van der Waals surface area contributed by atoms with E-state index in [1.807, 2.05) is 32.6 Å². The van der Waals surface area contributed by atoms with Gasteiger partial charge in [-0.3, -0.25) is 9.69 Å². The number of likely N-dealkylation sites (N-methyl/N-ethyl adjacent to an activating group) is 1. The van der Waals surface area contributed by atoms with Crippen molar-refractivity contribution in [3.8, 4) is 0 Å². The first-order valence-corrected chi connectivity index (χ1v) is 8.60. The quantitative estimate of drug-likeness (QED) is 0.739. The summed E-state index contributed by atoms with van der Waals surface area (Å²) in [5.74, 6) is 0.0696. The number of amides is 2. The maximum atomic E-state index is 12.9. The molecule has 0 saturated carbocycles. The van der Waals surface area contributed by atoms with Gasteiger partial charge in [0.05, 0.1) is 0 Å². The summed E-state index contributed by atoms with van der Waals surface area (Å²) < 4.78 is 5.51. The zero-order chi connectivity index (χ0) is 17.4. The lowest BCUT2D eigenvalue weighted by molar-refractivity contribution is -0.138. The van der Waals surface area contributed by atoms with Crippen molar-refractivity contribution in [1.82, 2.24) is 14.7 Å². The predicted octanol–water partition coefficient (Wildman–Crippen LogP) is 1.94. The molecule has 2 aliphatic rings. The average Bonchev–Trinajstić information content (AvgIpc) is 2.81. The van der Waals surface area contributed by atoms with Crippen molar-refractivity contribution in [3.05, 3.63) is 0 Å². The minimum atomic E-state index is -0.546. The fourth-order valence-electron chi connectivity index (χ4n) is 3.31. The number of rotatable bonds is 1. The molecule has 0 aromatic heterocycles. The Morgan fingerprint density at radius 1 is 1.04 bits per heavy atom. The highest BCUT2D eigenvalue weighted by Gasteiger charge is 2.43. The molecular weight excluding hydrogens is 294 g/mol. The number of carbonyl (C=O) groups excluding carboxylic acids is 2. The summed E-state index contributed by atoms with van der Waals surface area (Å²) in [6.45, 7) is 12.0. The largest absolute Gasteiger partial charge is 0.444 e. The third kappa shape index (κ3) is 4.16. The zero-order valence-electron chi connectivity index (χ0n) is 15.3. The van der Waals surface area contributed by atoms with Crippen LogP contribution in [0.5, 0.6) is 0 Å². The molecule has 0 aliphatic carbocycles. The first-order chi connectivity index (χ1) is 10.6. The van der Waals surface area contributed by atoms with E-state index >= 15 is 0 Å². The Morgan fingerprint density at radius 2 is 1.70 bits per heavy atom. The highest BCUT2D eigenvalue weighted by atomic mass is 16.6. The van der Waals surface area contributed by atoms with E-state index in [9.17, 15) is 9.59 Å². The van der Waals surface area contributed by atoms with Gasteiger partial charge in [0.1, 0.15) is 11.6 Å². The van der Waals surface area contributed by atoms with E-state index in [0.29, 0.717) is 6.04 Å². The van der Waals surface area contributed by atoms with Gasteiger partial charge in [-0.25, -0.2) is 4.79 Å². The van der Waals surface area contributed by atoms with E-state index in [2.05, 4.69) is 18.9 Å². The molecular formula is C17H31N3O3. The lowest BCUT2D eigenvalue weighted by Gasteiger charge is -2.40. The summed E-state index contributed by atoms with van der Waals surface area (Å²) in [5, 5.41) is 0. The Labute approximate surface area is 139 Å². The van der Waals surface area contributed by atoms with E-state index in [4.69, 9.17) is 4.74 Å². The summed E-state index contributed by atoms with van der Waals surface area (Å²) in [4.78, 5) is 31.3. The molecule has 0 aromatic rings. The van der Waals surface area contributed by atoms with Crippen LogP contribution in [0.1, 0.15) is 47.5 Å². The molecule has 6 heteroatoms. The summed E-state index contributed by atoms with van der Waals surface area (Å²) in [5.41, 5.74) is -0.546. The summed E-state index contributed by atoms with van der Waals surface area (Å²) in [6, 6.07) is 0.0145. The molecule has 2 rings (SSSR count). The summed E-state index contributed by atoms with van der Waals surface area (Å²) >= 11 is 0. The monoisotopic (exact) mass is 325 g/mol. The second-order valence-electron chi connectivity index (χ2n) is 7.94. The fourth-order valence-corrected chi connectivity index (χ4v) is 3.31. The number of ether oxygens (including phenoxy) is 1. The molecule has 0 aromatic carbocycles. The van der Waals surface area contributed by atoms with E-state index in [1.54, 1.807) is 4.90 Å². The molecule has 0 radical (unpaired) electrons. The van der Waals surface area contributed by atoms with Gasteiger partial charge in [0.15, 0.2) is 0 Å². The fraction of sp³-hybridized carbons (Fsp3) is 0.882. The first-order valence-electron chi connectivity index (χ1n) is 8.60. The topological polar surface area (TPSA) is 53.1 Å². The number of hydrogen-bond donors (Lipinski definition) is 0. The van der Waals surface area contributed by atoms with Crippen LogP contribution in [0.3, 0.4) is 0 Å². The van der Waals surface area contributed by atoms with Crippen LogP contribution in [0, 0.1) is 0 Å². The van der Waals surface area contributed by atoms with E-state index in [1.165, 1.54) is 0 Å². The molecule has 0 bridgehead atoms. The van der Waals surface area contributed by atoms with Gasteiger partial charge in [0, 0.05) is 31.7 Å². The van der Waals surface area contributed by atoms with Crippen molar-refractivity contribution < 1.29 is 14.3 Å². The molecule has 2 saturated heterocycles. The standard InChI is InChI=1S/C17H31N3O3/c1-12-7-8-14(20(12)16(22)23-17(3,4)5)15(21)19-10-9-18(6)13(2)11-19/h12-14H,7-11H2,1-6H3/t12-,13+,14-/m0/s1. The SMILES string of the molecule is C[C@@H]1CN(C(=O)[C@@H]2CC[C@H](C)N2C(=O)OC(C)(C)C)CCN1C. The van der Waals surface area contributed by atoms with Crippen molar-refractivity contribution in [2.24, 2.45) is 0 Å².